The van der Waals surface area contributed by atoms with Gasteiger partial charge < -0.3 is 24.1 Å². The summed E-state index contributed by atoms with van der Waals surface area (Å²) < 4.78 is 42.8. The molecular weight excluding hydrogens is 484 g/mol. The molecule has 0 saturated carbocycles. The predicted octanol–water partition coefficient (Wildman–Crippen LogP) is 5.77. The molecule has 0 fully saturated rings. The minimum Gasteiger partial charge on any atom is -0.462 e. The van der Waals surface area contributed by atoms with Crippen molar-refractivity contribution in [3.8, 4) is 17.2 Å². The molecule has 0 bridgehead atoms. The third-order valence-corrected chi connectivity index (χ3v) is 5.86. The van der Waals surface area contributed by atoms with Crippen molar-refractivity contribution in [2.75, 3.05) is 6.61 Å². The summed E-state index contributed by atoms with van der Waals surface area (Å²) in [5, 5.41) is 2.80. The van der Waals surface area contributed by atoms with Crippen LogP contribution in [0.3, 0.4) is 0 Å². The number of aryl methyl sites for hydroxylation is 2. The number of carbonyl (C=O) groups is 2. The lowest BCUT2D eigenvalue weighted by Crippen LogP contribution is -2.30. The maximum atomic E-state index is 13.4. The van der Waals surface area contributed by atoms with E-state index < -0.39 is 12.3 Å². The van der Waals surface area contributed by atoms with Crippen LogP contribution >= 0.6 is 0 Å². The monoisotopic (exact) mass is 511 g/mol. The average molecular weight is 512 g/mol. The number of hydrogen-bond acceptors (Lipinski definition) is 6. The second-order valence-corrected chi connectivity index (χ2v) is 8.51. The van der Waals surface area contributed by atoms with Crippen molar-refractivity contribution in [2.24, 2.45) is 4.99 Å². The number of amides is 1. The van der Waals surface area contributed by atoms with Gasteiger partial charge in [-0.25, -0.2) is 9.79 Å². The molecule has 1 aliphatic heterocycles. The Kier molecular flexibility index (Phi) is 7.02. The van der Waals surface area contributed by atoms with Crippen molar-refractivity contribution in [3.05, 3.63) is 70.5 Å². The zero-order valence-electron chi connectivity index (χ0n) is 21.1. The number of fused-ring (bicyclic) bond motifs is 1. The van der Waals surface area contributed by atoms with Gasteiger partial charge in [-0.2, -0.15) is 0 Å². The Labute approximate surface area is 212 Å². The number of aliphatic imine (C=N–C) groups is 1. The summed E-state index contributed by atoms with van der Waals surface area (Å²) in [7, 11) is 0. The SMILES string of the molecule is CCOC(=O)c1cc(C)n(-c2cccc(C(=O)NC(CC)=Nc3cc4c(cc3C)OC(F)(F)O4)c2)c1C. The molecule has 2 heterocycles. The van der Waals surface area contributed by atoms with Crippen molar-refractivity contribution in [3.63, 3.8) is 0 Å². The number of carbonyl (C=O) groups excluding carboxylic acids is 2. The van der Waals surface area contributed by atoms with Gasteiger partial charge in [0, 0.05) is 35.1 Å². The summed E-state index contributed by atoms with van der Waals surface area (Å²) in [6.45, 7) is 9.22. The van der Waals surface area contributed by atoms with E-state index in [0.717, 1.165) is 5.69 Å². The molecule has 1 aromatic heterocycles. The molecule has 37 heavy (non-hydrogen) atoms. The van der Waals surface area contributed by atoms with Crippen LogP contribution in [0.1, 0.15) is 57.9 Å². The van der Waals surface area contributed by atoms with Crippen molar-refractivity contribution < 1.29 is 32.6 Å². The van der Waals surface area contributed by atoms with E-state index in [0.29, 0.717) is 46.0 Å². The first-order valence-electron chi connectivity index (χ1n) is 11.8. The van der Waals surface area contributed by atoms with Gasteiger partial charge in [0.25, 0.3) is 5.91 Å². The second kappa shape index (κ2) is 10.0. The Bertz CT molecular complexity index is 1410. The van der Waals surface area contributed by atoms with Crippen LogP contribution in [0.5, 0.6) is 11.5 Å². The van der Waals surface area contributed by atoms with E-state index in [-0.39, 0.29) is 24.0 Å². The summed E-state index contributed by atoms with van der Waals surface area (Å²) in [5.74, 6) is -0.630. The topological polar surface area (TPSA) is 91.2 Å². The lowest BCUT2D eigenvalue weighted by molar-refractivity contribution is -0.286. The molecule has 4 rings (SSSR count). The number of aromatic nitrogens is 1. The lowest BCUT2D eigenvalue weighted by Gasteiger charge is -2.13. The van der Waals surface area contributed by atoms with Gasteiger partial charge in [0.05, 0.1) is 17.9 Å². The first-order valence-corrected chi connectivity index (χ1v) is 11.8. The number of nitrogens with zero attached hydrogens (tertiary/aromatic N) is 2. The Morgan fingerprint density at radius 1 is 1.05 bits per heavy atom. The summed E-state index contributed by atoms with van der Waals surface area (Å²) in [5.41, 5.74) is 4.03. The number of rotatable bonds is 6. The standard InChI is InChI=1S/C27H27F2N3O5/c1-6-24(30-21-14-23-22(11-15(21)3)36-27(28,29)37-23)31-25(33)18-9-8-10-19(13-18)32-16(4)12-20(17(32)5)26(34)35-7-2/h8-14H,6-7H2,1-5H3,(H,30,31,33). The van der Waals surface area contributed by atoms with E-state index in [1.54, 1.807) is 38.1 Å². The van der Waals surface area contributed by atoms with Gasteiger partial charge in [0.15, 0.2) is 11.5 Å². The zero-order chi connectivity index (χ0) is 26.9. The van der Waals surface area contributed by atoms with E-state index in [9.17, 15) is 18.4 Å². The quantitative estimate of drug-likeness (QED) is 0.258. The predicted molar refractivity (Wildman–Crippen MR) is 133 cm³/mol. The molecular formula is C27H27F2N3O5. The van der Waals surface area contributed by atoms with Gasteiger partial charge in [-0.1, -0.05) is 13.0 Å². The molecule has 2 aromatic carbocycles. The van der Waals surface area contributed by atoms with E-state index in [1.807, 2.05) is 31.4 Å². The van der Waals surface area contributed by atoms with Gasteiger partial charge in [-0.15, -0.1) is 8.78 Å². The number of halogens is 2. The summed E-state index contributed by atoms with van der Waals surface area (Å²) in [4.78, 5) is 29.9. The molecule has 0 atom stereocenters. The lowest BCUT2D eigenvalue weighted by atomic mass is 10.1. The highest BCUT2D eigenvalue weighted by Crippen LogP contribution is 2.44. The third-order valence-electron chi connectivity index (χ3n) is 5.86. The highest BCUT2D eigenvalue weighted by molar-refractivity contribution is 6.07. The summed E-state index contributed by atoms with van der Waals surface area (Å²) in [6.07, 6.45) is -3.34. The second-order valence-electron chi connectivity index (χ2n) is 8.51. The number of alkyl halides is 2. The van der Waals surface area contributed by atoms with Crippen LogP contribution in [-0.4, -0.2) is 35.2 Å². The van der Waals surface area contributed by atoms with Gasteiger partial charge >= 0.3 is 12.3 Å². The van der Waals surface area contributed by atoms with E-state index in [1.165, 1.54) is 12.1 Å². The van der Waals surface area contributed by atoms with Crippen molar-refractivity contribution in [2.45, 2.75) is 47.3 Å². The highest BCUT2D eigenvalue weighted by atomic mass is 19.3. The van der Waals surface area contributed by atoms with Crippen molar-refractivity contribution >= 4 is 23.4 Å². The van der Waals surface area contributed by atoms with E-state index >= 15 is 0 Å². The normalized spacial score (nSPS) is 14.0. The van der Waals surface area contributed by atoms with Crippen LogP contribution in [-0.2, 0) is 4.74 Å². The summed E-state index contributed by atoms with van der Waals surface area (Å²) >= 11 is 0. The molecule has 8 nitrogen and oxygen atoms in total. The van der Waals surface area contributed by atoms with E-state index in [4.69, 9.17) is 4.74 Å². The van der Waals surface area contributed by atoms with Crippen molar-refractivity contribution in [1.29, 1.82) is 0 Å². The number of amidine groups is 1. The number of esters is 1. The molecule has 0 spiro atoms. The molecule has 1 amide bonds. The van der Waals surface area contributed by atoms with Crippen LogP contribution < -0.4 is 14.8 Å². The van der Waals surface area contributed by atoms with Crippen LogP contribution in [0, 0.1) is 20.8 Å². The van der Waals surface area contributed by atoms with Gasteiger partial charge in [-0.05, 0) is 63.6 Å². The third kappa shape index (κ3) is 5.32. The fourth-order valence-electron chi connectivity index (χ4n) is 4.11. The molecule has 194 valence electrons. The van der Waals surface area contributed by atoms with E-state index in [2.05, 4.69) is 19.8 Å². The smallest absolute Gasteiger partial charge is 0.462 e. The minimum absolute atomic E-state index is 0.0675. The Hall–Kier alpha value is -4.21. The number of ether oxygens (including phenoxy) is 3. The largest absolute Gasteiger partial charge is 0.586 e. The van der Waals surface area contributed by atoms with Gasteiger partial charge in [-0.3, -0.25) is 4.79 Å². The molecule has 0 radical (unpaired) electrons. The molecule has 0 aliphatic carbocycles. The van der Waals surface area contributed by atoms with Crippen LogP contribution in [0.25, 0.3) is 5.69 Å². The summed E-state index contributed by atoms with van der Waals surface area (Å²) in [6, 6.07) is 11.5. The first-order chi connectivity index (χ1) is 17.5. The Balaban J connectivity index is 1.59. The van der Waals surface area contributed by atoms with Gasteiger partial charge in [0.2, 0.25) is 0 Å². The van der Waals surface area contributed by atoms with Crippen LogP contribution in [0.15, 0.2) is 47.5 Å². The molecule has 10 heteroatoms. The molecule has 0 unspecified atom stereocenters. The maximum Gasteiger partial charge on any atom is 0.586 e. The average Bonchev–Trinajstić information content (AvgIpc) is 3.31. The zero-order valence-corrected chi connectivity index (χ0v) is 21.1. The molecule has 3 aromatic rings. The fraction of sp³-hybridized carbons (Fsp3) is 0.296. The molecule has 0 saturated heterocycles. The van der Waals surface area contributed by atoms with Gasteiger partial charge in [0.1, 0.15) is 5.84 Å². The van der Waals surface area contributed by atoms with Crippen molar-refractivity contribution in [1.82, 2.24) is 9.88 Å². The van der Waals surface area contributed by atoms with Crippen LogP contribution in [0.2, 0.25) is 0 Å². The fourth-order valence-corrected chi connectivity index (χ4v) is 4.11. The Morgan fingerprint density at radius 3 is 2.43 bits per heavy atom. The number of nitrogens with one attached hydrogen (secondary N) is 1. The molecule has 1 N–H and O–H groups in total. The molecule has 1 aliphatic rings. The number of hydrogen-bond donors (Lipinski definition) is 1. The maximum absolute atomic E-state index is 13.4. The highest BCUT2D eigenvalue weighted by Gasteiger charge is 2.43. The first kappa shape index (κ1) is 25.9. The minimum atomic E-state index is -3.72. The van der Waals surface area contributed by atoms with Crippen LogP contribution in [0.4, 0.5) is 14.5 Å². The number of benzene rings is 2. The Morgan fingerprint density at radius 2 is 1.76 bits per heavy atom.